The van der Waals surface area contributed by atoms with Crippen molar-refractivity contribution >= 4 is 28.8 Å². The Bertz CT molecular complexity index is 743. The van der Waals surface area contributed by atoms with E-state index in [0.717, 1.165) is 29.0 Å². The van der Waals surface area contributed by atoms with Crippen LogP contribution in [0.1, 0.15) is 32.9 Å². The second kappa shape index (κ2) is 5.49. The molecule has 0 aliphatic heterocycles. The molecule has 4 N–H and O–H groups in total. The van der Waals surface area contributed by atoms with Gasteiger partial charge in [0.15, 0.2) is 5.96 Å². The van der Waals surface area contributed by atoms with Gasteiger partial charge in [-0.3, -0.25) is 4.79 Å². The predicted octanol–water partition coefficient (Wildman–Crippen LogP) is 1.93. The minimum atomic E-state index is -0.429. The third-order valence-electron chi connectivity index (χ3n) is 3.30. The second-order valence-electron chi connectivity index (χ2n) is 4.71. The maximum Gasteiger partial charge on any atom is 0.280 e. The Balaban J connectivity index is 2.05. The van der Waals surface area contributed by atoms with Gasteiger partial charge in [0.05, 0.1) is 0 Å². The number of hydrogen-bond donors (Lipinski definition) is 2. The molecule has 0 fully saturated rings. The number of nitrogens with zero attached hydrogens (tertiary/aromatic N) is 2. The monoisotopic (exact) mass is 298 g/mol. The van der Waals surface area contributed by atoms with E-state index >= 15 is 0 Å². The molecule has 0 saturated heterocycles. The van der Waals surface area contributed by atoms with E-state index in [1.54, 1.807) is 23.6 Å². The summed E-state index contributed by atoms with van der Waals surface area (Å²) in [5, 5.41) is 2.90. The number of hydrogen-bond acceptors (Lipinski definition) is 3. The smallest absolute Gasteiger partial charge is 0.280 e. The minimum absolute atomic E-state index is 0.228. The first-order chi connectivity index (χ1) is 10.1. The highest BCUT2D eigenvalue weighted by molar-refractivity contribution is 7.10. The van der Waals surface area contributed by atoms with Gasteiger partial charge in [-0.2, -0.15) is 4.99 Å². The number of thiazole rings is 1. The summed E-state index contributed by atoms with van der Waals surface area (Å²) in [6.45, 7) is 0. The molecule has 6 heteroatoms. The van der Waals surface area contributed by atoms with Crippen molar-refractivity contribution in [3.8, 4) is 0 Å². The number of aromatic nitrogens is 1. The molecule has 106 valence electrons. The lowest BCUT2D eigenvalue weighted by atomic mass is 9.89. The first-order valence-electron chi connectivity index (χ1n) is 6.52. The molecule has 2 aromatic rings. The van der Waals surface area contributed by atoms with Crippen LogP contribution < -0.4 is 11.5 Å². The van der Waals surface area contributed by atoms with Gasteiger partial charge in [0, 0.05) is 22.7 Å². The van der Waals surface area contributed by atoms with Crippen molar-refractivity contribution in [1.82, 2.24) is 4.98 Å². The van der Waals surface area contributed by atoms with Crippen LogP contribution in [0.25, 0.3) is 5.57 Å². The van der Waals surface area contributed by atoms with Gasteiger partial charge in [0.1, 0.15) is 5.01 Å². The molecule has 1 amide bonds. The van der Waals surface area contributed by atoms with Gasteiger partial charge < -0.3 is 11.5 Å². The molecule has 1 heterocycles. The molecule has 1 aliphatic rings. The van der Waals surface area contributed by atoms with Gasteiger partial charge >= 0.3 is 0 Å². The Morgan fingerprint density at radius 1 is 1.33 bits per heavy atom. The number of benzene rings is 1. The number of aliphatic imine (C=N–C) groups is 1. The van der Waals surface area contributed by atoms with Crippen LogP contribution in [0, 0.1) is 0 Å². The lowest BCUT2D eigenvalue weighted by molar-refractivity contribution is 0.100. The zero-order chi connectivity index (χ0) is 14.8. The van der Waals surface area contributed by atoms with Crippen LogP contribution in [-0.2, 0) is 6.42 Å². The number of aryl methyl sites for hydroxylation is 1. The molecule has 21 heavy (non-hydrogen) atoms. The van der Waals surface area contributed by atoms with E-state index in [0.29, 0.717) is 5.56 Å². The topological polar surface area (TPSA) is 94.4 Å². The number of allylic oxidation sites excluding steroid dienone is 1. The van der Waals surface area contributed by atoms with E-state index in [9.17, 15) is 4.79 Å². The van der Waals surface area contributed by atoms with Crippen molar-refractivity contribution in [2.24, 2.45) is 16.5 Å². The molecular weight excluding hydrogens is 284 g/mol. The molecule has 0 radical (unpaired) electrons. The number of carbonyl (C=O) groups is 1. The molecule has 0 bridgehead atoms. The van der Waals surface area contributed by atoms with Crippen molar-refractivity contribution < 1.29 is 4.79 Å². The highest BCUT2D eigenvalue weighted by atomic mass is 32.1. The van der Waals surface area contributed by atoms with Crippen molar-refractivity contribution in [3.05, 3.63) is 57.6 Å². The van der Waals surface area contributed by atoms with Gasteiger partial charge in [-0.1, -0.05) is 12.1 Å². The fourth-order valence-electron chi connectivity index (χ4n) is 2.40. The number of nitrogens with two attached hydrogens (primary N) is 2. The van der Waals surface area contributed by atoms with Gasteiger partial charge in [-0.25, -0.2) is 4.98 Å². The minimum Gasteiger partial charge on any atom is -0.370 e. The largest absolute Gasteiger partial charge is 0.370 e. The zero-order valence-electron chi connectivity index (χ0n) is 11.2. The van der Waals surface area contributed by atoms with Crippen molar-refractivity contribution in [2.45, 2.75) is 12.8 Å². The summed E-state index contributed by atoms with van der Waals surface area (Å²) < 4.78 is 0. The number of fused-ring (bicyclic) bond motifs is 1. The van der Waals surface area contributed by atoms with Crippen LogP contribution in [0.15, 0.2) is 40.8 Å². The number of guanidine groups is 1. The van der Waals surface area contributed by atoms with Gasteiger partial charge in [-0.15, -0.1) is 11.3 Å². The molecule has 0 spiro atoms. The van der Waals surface area contributed by atoms with Crippen LogP contribution in [0.4, 0.5) is 0 Å². The molecule has 0 atom stereocenters. The van der Waals surface area contributed by atoms with Gasteiger partial charge in [0.2, 0.25) is 0 Å². The first kappa shape index (κ1) is 13.5. The molecule has 1 aromatic heterocycles. The summed E-state index contributed by atoms with van der Waals surface area (Å²) in [6, 6.07) is 5.57. The quantitative estimate of drug-likeness (QED) is 0.654. The number of carbonyl (C=O) groups excluding carboxylic acids is 1. The summed E-state index contributed by atoms with van der Waals surface area (Å²) in [7, 11) is 0. The summed E-state index contributed by atoms with van der Waals surface area (Å²) in [4.78, 5) is 19.9. The highest BCUT2D eigenvalue weighted by Crippen LogP contribution is 2.33. The standard InChI is InChI=1S/C15H14N4OS/c16-15(17)19-13(20)10-5-4-9-2-1-3-11(12(9)8-10)14-18-6-7-21-14/h3-8H,1-2H2,(H4,16,17,19,20). The lowest BCUT2D eigenvalue weighted by Gasteiger charge is -2.17. The summed E-state index contributed by atoms with van der Waals surface area (Å²) in [6.07, 6.45) is 5.88. The highest BCUT2D eigenvalue weighted by Gasteiger charge is 2.18. The molecule has 5 nitrogen and oxygen atoms in total. The van der Waals surface area contributed by atoms with E-state index in [1.807, 2.05) is 17.5 Å². The van der Waals surface area contributed by atoms with Crippen molar-refractivity contribution in [2.75, 3.05) is 0 Å². The number of rotatable bonds is 2. The summed E-state index contributed by atoms with van der Waals surface area (Å²) in [5.41, 5.74) is 14.3. The van der Waals surface area contributed by atoms with Crippen LogP contribution in [0.2, 0.25) is 0 Å². The summed E-state index contributed by atoms with van der Waals surface area (Å²) >= 11 is 1.59. The Kier molecular flexibility index (Phi) is 3.53. The molecule has 1 aliphatic carbocycles. The average Bonchev–Trinajstić information content (AvgIpc) is 2.99. The Hall–Kier alpha value is -2.47. The zero-order valence-corrected chi connectivity index (χ0v) is 12.1. The van der Waals surface area contributed by atoms with E-state index in [4.69, 9.17) is 11.5 Å². The normalized spacial score (nSPS) is 13.2. The van der Waals surface area contributed by atoms with E-state index in [1.165, 1.54) is 5.56 Å². The molecular formula is C15H14N4OS. The van der Waals surface area contributed by atoms with Crippen molar-refractivity contribution in [1.29, 1.82) is 0 Å². The lowest BCUT2D eigenvalue weighted by Crippen LogP contribution is -2.24. The third kappa shape index (κ3) is 2.71. The van der Waals surface area contributed by atoms with Crippen LogP contribution in [0.5, 0.6) is 0 Å². The summed E-state index contributed by atoms with van der Waals surface area (Å²) in [5.74, 6) is -0.657. The Morgan fingerprint density at radius 2 is 2.19 bits per heavy atom. The fourth-order valence-corrected chi connectivity index (χ4v) is 3.09. The van der Waals surface area contributed by atoms with E-state index in [-0.39, 0.29) is 5.96 Å². The SMILES string of the molecule is NC(N)=NC(=O)c1ccc2c(c1)C(c1nccs1)=CCC2. The first-order valence-corrected chi connectivity index (χ1v) is 7.40. The molecule has 3 rings (SSSR count). The van der Waals surface area contributed by atoms with Crippen molar-refractivity contribution in [3.63, 3.8) is 0 Å². The van der Waals surface area contributed by atoms with Crippen LogP contribution in [-0.4, -0.2) is 16.9 Å². The van der Waals surface area contributed by atoms with Crippen LogP contribution >= 0.6 is 11.3 Å². The van der Waals surface area contributed by atoms with E-state index in [2.05, 4.69) is 16.1 Å². The Labute approximate surface area is 126 Å². The molecule has 1 aromatic carbocycles. The molecule has 0 unspecified atom stereocenters. The average molecular weight is 298 g/mol. The second-order valence-corrected chi connectivity index (χ2v) is 5.60. The van der Waals surface area contributed by atoms with Gasteiger partial charge in [-0.05, 0) is 36.1 Å². The fraction of sp³-hybridized carbons (Fsp3) is 0.133. The Morgan fingerprint density at radius 3 is 2.90 bits per heavy atom. The number of amides is 1. The van der Waals surface area contributed by atoms with E-state index < -0.39 is 5.91 Å². The molecule has 0 saturated carbocycles. The van der Waals surface area contributed by atoms with Crippen LogP contribution in [0.3, 0.4) is 0 Å². The predicted molar refractivity (Wildman–Crippen MR) is 84.1 cm³/mol. The maximum atomic E-state index is 12.0. The van der Waals surface area contributed by atoms with Gasteiger partial charge in [0.25, 0.3) is 5.91 Å². The third-order valence-corrected chi connectivity index (χ3v) is 4.11. The maximum absolute atomic E-state index is 12.0.